The van der Waals surface area contributed by atoms with Gasteiger partial charge in [0.2, 0.25) is 0 Å². The first-order chi connectivity index (χ1) is 8.13. The van der Waals surface area contributed by atoms with E-state index in [1.165, 1.54) is 0 Å². The number of carbonyl (C=O) groups excluding carboxylic acids is 1. The zero-order chi connectivity index (χ0) is 12.7. The molecule has 0 aromatic heterocycles. The van der Waals surface area contributed by atoms with E-state index in [1.807, 2.05) is 6.07 Å². The number of nitrogens with zero attached hydrogens (tertiary/aromatic N) is 1. The Morgan fingerprint density at radius 3 is 2.47 bits per heavy atom. The molecule has 0 aliphatic rings. The Morgan fingerprint density at radius 1 is 1.29 bits per heavy atom. The summed E-state index contributed by atoms with van der Waals surface area (Å²) in [7, 11) is 0. The van der Waals surface area contributed by atoms with Gasteiger partial charge in [0.15, 0.2) is 0 Å². The molecule has 0 radical (unpaired) electrons. The fourth-order valence-corrected chi connectivity index (χ4v) is 1.24. The summed E-state index contributed by atoms with van der Waals surface area (Å²) >= 11 is 0. The van der Waals surface area contributed by atoms with Crippen LogP contribution in [0.1, 0.15) is 28.8 Å². The van der Waals surface area contributed by atoms with Crippen molar-refractivity contribution in [1.82, 2.24) is 5.32 Å². The van der Waals surface area contributed by atoms with Gasteiger partial charge in [-0.2, -0.15) is 5.26 Å². The number of nitriles is 1. The Labute approximate surface area is 98.7 Å². The first-order valence-corrected chi connectivity index (χ1v) is 5.13. The molecule has 0 fully saturated rings. The molecule has 17 heavy (non-hydrogen) atoms. The van der Waals surface area contributed by atoms with Crippen LogP contribution >= 0.6 is 0 Å². The topological polar surface area (TPSA) is 90.2 Å². The standard InChI is InChI=1S/C12H12N2O3/c13-8-9-3-5-10(6-4-9)12(17)14-7-1-2-11(15)16/h3-6H,1-2,7H2,(H,14,17)(H,15,16). The SMILES string of the molecule is N#Cc1ccc(C(=O)NCCCC(=O)O)cc1. The lowest BCUT2D eigenvalue weighted by Gasteiger charge is -2.03. The van der Waals surface area contributed by atoms with Crippen molar-refractivity contribution in [3.05, 3.63) is 35.4 Å². The molecule has 88 valence electrons. The van der Waals surface area contributed by atoms with Gasteiger partial charge in [0.05, 0.1) is 11.6 Å². The van der Waals surface area contributed by atoms with Crippen LogP contribution < -0.4 is 5.32 Å². The molecule has 0 unspecified atom stereocenters. The summed E-state index contributed by atoms with van der Waals surface area (Å²) < 4.78 is 0. The summed E-state index contributed by atoms with van der Waals surface area (Å²) in [6, 6.07) is 8.21. The van der Waals surface area contributed by atoms with Crippen LogP contribution in [-0.4, -0.2) is 23.5 Å². The van der Waals surface area contributed by atoms with Crippen LogP contribution in [0.25, 0.3) is 0 Å². The van der Waals surface area contributed by atoms with Gasteiger partial charge in [-0.1, -0.05) is 0 Å². The van der Waals surface area contributed by atoms with Crippen molar-refractivity contribution in [1.29, 1.82) is 5.26 Å². The number of amides is 1. The predicted molar refractivity (Wildman–Crippen MR) is 60.4 cm³/mol. The van der Waals surface area contributed by atoms with Crippen LogP contribution in [0.4, 0.5) is 0 Å². The largest absolute Gasteiger partial charge is 0.481 e. The van der Waals surface area contributed by atoms with E-state index in [0.717, 1.165) is 0 Å². The van der Waals surface area contributed by atoms with Crippen molar-refractivity contribution >= 4 is 11.9 Å². The zero-order valence-electron chi connectivity index (χ0n) is 9.14. The Kier molecular flexibility index (Phi) is 4.70. The molecule has 0 bridgehead atoms. The molecule has 1 aromatic rings. The molecule has 0 atom stereocenters. The smallest absolute Gasteiger partial charge is 0.303 e. The summed E-state index contributed by atoms with van der Waals surface area (Å²) in [5, 5.41) is 19.6. The number of carboxylic acids is 1. The number of nitrogens with one attached hydrogen (secondary N) is 1. The molecule has 0 saturated carbocycles. The van der Waals surface area contributed by atoms with E-state index in [2.05, 4.69) is 5.32 Å². The molecule has 1 rings (SSSR count). The first-order valence-electron chi connectivity index (χ1n) is 5.13. The Hall–Kier alpha value is -2.35. The van der Waals surface area contributed by atoms with Crippen molar-refractivity contribution in [2.24, 2.45) is 0 Å². The van der Waals surface area contributed by atoms with Crippen LogP contribution in [0, 0.1) is 11.3 Å². The second-order valence-electron chi connectivity index (χ2n) is 3.44. The average Bonchev–Trinajstić information content (AvgIpc) is 2.34. The predicted octanol–water partition coefficient (Wildman–Crippen LogP) is 1.15. The van der Waals surface area contributed by atoms with Gasteiger partial charge in [0.1, 0.15) is 0 Å². The van der Waals surface area contributed by atoms with Crippen LogP contribution in [0.3, 0.4) is 0 Å². The third-order valence-corrected chi connectivity index (χ3v) is 2.13. The maximum atomic E-state index is 11.5. The fraction of sp³-hybridized carbons (Fsp3) is 0.250. The highest BCUT2D eigenvalue weighted by molar-refractivity contribution is 5.94. The molecule has 1 amide bonds. The quantitative estimate of drug-likeness (QED) is 0.745. The third-order valence-electron chi connectivity index (χ3n) is 2.13. The normalized spacial score (nSPS) is 9.35. The number of hydrogen-bond donors (Lipinski definition) is 2. The van der Waals surface area contributed by atoms with Gasteiger partial charge in [0, 0.05) is 18.5 Å². The summed E-state index contributed by atoms with van der Waals surface area (Å²) in [6.45, 7) is 0.325. The number of carboxylic acid groups (broad SMARTS) is 1. The Bertz CT molecular complexity index is 446. The molecule has 0 aliphatic carbocycles. The van der Waals surface area contributed by atoms with E-state index in [4.69, 9.17) is 10.4 Å². The second kappa shape index (κ2) is 6.28. The molecule has 1 aromatic carbocycles. The minimum Gasteiger partial charge on any atom is -0.481 e. The van der Waals surface area contributed by atoms with E-state index in [-0.39, 0.29) is 12.3 Å². The van der Waals surface area contributed by atoms with E-state index in [9.17, 15) is 9.59 Å². The fourth-order valence-electron chi connectivity index (χ4n) is 1.24. The van der Waals surface area contributed by atoms with Gasteiger partial charge in [0.25, 0.3) is 5.91 Å². The van der Waals surface area contributed by atoms with Crippen LogP contribution in [0.2, 0.25) is 0 Å². The lowest BCUT2D eigenvalue weighted by Crippen LogP contribution is -2.24. The average molecular weight is 232 g/mol. The molecule has 5 heteroatoms. The third kappa shape index (κ3) is 4.34. The van der Waals surface area contributed by atoms with Crippen LogP contribution in [-0.2, 0) is 4.79 Å². The van der Waals surface area contributed by atoms with Crippen LogP contribution in [0.5, 0.6) is 0 Å². The van der Waals surface area contributed by atoms with Crippen LogP contribution in [0.15, 0.2) is 24.3 Å². The van der Waals surface area contributed by atoms with E-state index >= 15 is 0 Å². The summed E-state index contributed by atoms with van der Waals surface area (Å²) in [6.07, 6.45) is 0.436. The van der Waals surface area contributed by atoms with E-state index < -0.39 is 5.97 Å². The highest BCUT2D eigenvalue weighted by Crippen LogP contribution is 2.03. The van der Waals surface area contributed by atoms with Crippen molar-refractivity contribution in [2.45, 2.75) is 12.8 Å². The molecule has 0 saturated heterocycles. The monoisotopic (exact) mass is 232 g/mol. The lowest BCUT2D eigenvalue weighted by molar-refractivity contribution is -0.137. The summed E-state index contributed by atoms with van der Waals surface area (Å²) in [4.78, 5) is 21.8. The number of carbonyl (C=O) groups is 2. The zero-order valence-corrected chi connectivity index (χ0v) is 9.14. The van der Waals surface area contributed by atoms with Gasteiger partial charge in [-0.15, -0.1) is 0 Å². The maximum Gasteiger partial charge on any atom is 0.303 e. The molecular weight excluding hydrogens is 220 g/mol. The second-order valence-corrected chi connectivity index (χ2v) is 3.44. The van der Waals surface area contributed by atoms with Gasteiger partial charge >= 0.3 is 5.97 Å². The molecule has 2 N–H and O–H groups in total. The molecule has 5 nitrogen and oxygen atoms in total. The Morgan fingerprint density at radius 2 is 1.94 bits per heavy atom. The van der Waals surface area contributed by atoms with Crippen molar-refractivity contribution in [2.75, 3.05) is 6.54 Å². The lowest BCUT2D eigenvalue weighted by atomic mass is 10.1. The van der Waals surface area contributed by atoms with Crippen molar-refractivity contribution < 1.29 is 14.7 Å². The molecule has 0 heterocycles. The number of aliphatic carboxylic acids is 1. The van der Waals surface area contributed by atoms with Gasteiger partial charge in [-0.05, 0) is 30.7 Å². The molecular formula is C12H12N2O3. The van der Waals surface area contributed by atoms with Gasteiger partial charge < -0.3 is 10.4 Å². The van der Waals surface area contributed by atoms with Gasteiger partial charge in [-0.3, -0.25) is 9.59 Å². The van der Waals surface area contributed by atoms with Crippen molar-refractivity contribution in [3.63, 3.8) is 0 Å². The highest BCUT2D eigenvalue weighted by atomic mass is 16.4. The summed E-state index contributed by atoms with van der Waals surface area (Å²) in [5.41, 5.74) is 0.951. The summed E-state index contributed by atoms with van der Waals surface area (Å²) in [5.74, 6) is -1.14. The van der Waals surface area contributed by atoms with E-state index in [1.54, 1.807) is 24.3 Å². The first kappa shape index (κ1) is 12.7. The van der Waals surface area contributed by atoms with E-state index in [0.29, 0.717) is 24.1 Å². The number of hydrogen-bond acceptors (Lipinski definition) is 3. The minimum atomic E-state index is -0.877. The molecule has 0 spiro atoms. The van der Waals surface area contributed by atoms with Crippen molar-refractivity contribution in [3.8, 4) is 6.07 Å². The number of rotatable bonds is 5. The number of benzene rings is 1. The molecule has 0 aliphatic heterocycles. The minimum absolute atomic E-state index is 0.0354. The highest BCUT2D eigenvalue weighted by Gasteiger charge is 2.04. The Balaban J connectivity index is 2.42. The van der Waals surface area contributed by atoms with Gasteiger partial charge in [-0.25, -0.2) is 0 Å². The maximum absolute atomic E-state index is 11.5.